The lowest BCUT2D eigenvalue weighted by atomic mass is 10.0. The number of anilines is 12. The summed E-state index contributed by atoms with van der Waals surface area (Å²) in [5.41, 5.74) is 80.4. The highest BCUT2D eigenvalue weighted by Gasteiger charge is 2.24. The van der Waals surface area contributed by atoms with E-state index >= 15 is 0 Å². The van der Waals surface area contributed by atoms with Crippen LogP contribution >= 0.6 is 0 Å². The molecule has 29 N–H and O–H groups in total. The second kappa shape index (κ2) is 58.6. The van der Waals surface area contributed by atoms with E-state index in [-0.39, 0.29) is 72.8 Å². The van der Waals surface area contributed by atoms with Gasteiger partial charge in [-0.1, -0.05) is 12.1 Å². The quantitative estimate of drug-likeness (QED) is 0.0125. The molecule has 0 atom stereocenters. The number of nitrogens with one attached hydrogen (secondary N) is 2. The molecule has 6 aromatic heterocycles. The lowest BCUT2D eigenvalue weighted by Gasteiger charge is -2.16. The number of nitrogen functional groups attached to an aromatic ring is 12. The van der Waals surface area contributed by atoms with E-state index in [1.165, 1.54) is 42.7 Å². The van der Waals surface area contributed by atoms with Crippen molar-refractivity contribution >= 4 is 94.4 Å². The number of aliphatic carboxylic acids is 2. The highest BCUT2D eigenvalue weighted by atomic mass is 16.6. The topological polar surface area (TPSA) is 758 Å². The maximum atomic E-state index is 12.3. The number of benzene rings is 6. The van der Waals surface area contributed by atoms with Crippen molar-refractivity contribution in [3.8, 4) is 92.0 Å². The fourth-order valence-corrected chi connectivity index (χ4v) is 14.5. The van der Waals surface area contributed by atoms with E-state index in [9.17, 15) is 24.3 Å². The molecule has 148 heavy (non-hydrogen) atoms. The summed E-state index contributed by atoms with van der Waals surface area (Å²) in [4.78, 5) is 93.4. The lowest BCUT2D eigenvalue weighted by molar-refractivity contribution is -0.138. The molecule has 2 amide bonds. The number of hydrogen-bond acceptors (Lipinski definition) is 44. The molecule has 12 rings (SSSR count). The van der Waals surface area contributed by atoms with Gasteiger partial charge in [-0.15, -0.1) is 0 Å². The van der Waals surface area contributed by atoms with E-state index in [0.29, 0.717) is 250 Å². The van der Waals surface area contributed by atoms with Crippen LogP contribution in [0.3, 0.4) is 0 Å². The lowest BCUT2D eigenvalue weighted by Crippen LogP contribution is -2.37. The number of hydrogen-bond donors (Lipinski definition) is 17. The minimum Gasteiger partial charge on any atom is -0.502 e. The van der Waals surface area contributed by atoms with Crippen molar-refractivity contribution in [1.82, 2.24) is 70.4 Å². The van der Waals surface area contributed by atoms with Crippen LogP contribution in [0.4, 0.5) is 70.6 Å². The third kappa shape index (κ3) is 35.9. The number of ether oxygens (including phenoxy) is 15. The first kappa shape index (κ1) is 115. The number of rotatable bonds is 49. The first-order valence-electron chi connectivity index (χ1n) is 46.3. The van der Waals surface area contributed by atoms with Crippen molar-refractivity contribution in [3.05, 3.63) is 188 Å². The highest BCUT2D eigenvalue weighted by molar-refractivity contribution is 5.78. The molecular formula is C100H132N26O22. The number of aryl methyl sites for hydroxylation is 2. The van der Waals surface area contributed by atoms with Crippen molar-refractivity contribution < 1.29 is 106 Å². The monoisotopic (exact) mass is 2050 g/mol. The van der Waals surface area contributed by atoms with E-state index in [2.05, 4.69) is 70.4 Å². The summed E-state index contributed by atoms with van der Waals surface area (Å²) in [5.74, 6) is 8.67. The zero-order valence-electron chi connectivity index (χ0n) is 85.0. The Balaban J connectivity index is 0.000000239. The van der Waals surface area contributed by atoms with Crippen molar-refractivity contribution in [2.45, 2.75) is 129 Å². The summed E-state index contributed by atoms with van der Waals surface area (Å²) in [6.07, 6.45) is 18.3. The minimum atomic E-state index is -0.819. The van der Waals surface area contributed by atoms with Crippen molar-refractivity contribution in [1.29, 1.82) is 0 Å². The predicted molar refractivity (Wildman–Crippen MR) is 558 cm³/mol. The number of nitrogens with zero attached hydrogens (tertiary/aromatic N) is 12. The molecule has 0 aliphatic heterocycles. The number of carbonyl (C=O) groups is 4. The van der Waals surface area contributed by atoms with Gasteiger partial charge >= 0.3 is 11.9 Å². The Morgan fingerprint density at radius 1 is 0.264 bits per heavy atom. The van der Waals surface area contributed by atoms with Gasteiger partial charge in [0.2, 0.25) is 70.5 Å². The number of nitrogens with two attached hydrogens (primary N) is 12. The highest BCUT2D eigenvalue weighted by Crippen LogP contribution is 2.45. The molecule has 48 nitrogen and oxygen atoms in total. The summed E-state index contributed by atoms with van der Waals surface area (Å²) in [6.45, 7) is 5.50. The van der Waals surface area contributed by atoms with E-state index in [4.69, 9.17) is 150 Å². The number of phenolic OH excluding ortho intramolecular Hbond substituents is 1. The number of unbranched alkanes of at least 4 members (excludes halogenated alkanes) is 4. The van der Waals surface area contributed by atoms with Crippen LogP contribution in [0.15, 0.2) is 110 Å². The van der Waals surface area contributed by atoms with Crippen molar-refractivity contribution in [3.63, 3.8) is 0 Å². The average molecular weight is 2050 g/mol. The molecule has 0 unspecified atom stereocenters. The van der Waals surface area contributed by atoms with E-state index in [1.54, 1.807) is 84.9 Å². The molecule has 0 radical (unpaired) electrons. The summed E-state index contributed by atoms with van der Waals surface area (Å²) in [5, 5.41) is 32.7. The van der Waals surface area contributed by atoms with Gasteiger partial charge in [0, 0.05) is 135 Å². The smallest absolute Gasteiger partial charge is 0.303 e. The van der Waals surface area contributed by atoms with E-state index < -0.39 is 11.9 Å². The third-order valence-electron chi connectivity index (χ3n) is 21.9. The number of methoxy groups -OCH3 is 11. The van der Waals surface area contributed by atoms with Gasteiger partial charge in [-0.05, 0) is 170 Å². The number of carbonyl (C=O) groups excluding carboxylic acids is 2. The fraction of sp³-hybridized carbons (Fsp3) is 0.360. The van der Waals surface area contributed by atoms with Crippen LogP contribution in [-0.4, -0.2) is 210 Å². The first-order valence-corrected chi connectivity index (χ1v) is 46.3. The predicted octanol–water partition coefficient (Wildman–Crippen LogP) is 9.38. The molecule has 0 aliphatic rings. The molecular weight excluding hydrogens is 1920 g/mol. The molecule has 0 fully saturated rings. The van der Waals surface area contributed by atoms with Crippen LogP contribution in [-0.2, 0) is 57.7 Å². The molecule has 0 saturated carbocycles. The third-order valence-corrected chi connectivity index (χ3v) is 21.9. The van der Waals surface area contributed by atoms with Crippen LogP contribution in [0, 0.1) is 13.8 Å². The van der Waals surface area contributed by atoms with E-state index in [0.717, 1.165) is 77.9 Å². The molecule has 0 spiro atoms. The molecule has 6 heterocycles. The Morgan fingerprint density at radius 2 is 0.459 bits per heavy atom. The number of aromatic nitrogens is 12. The van der Waals surface area contributed by atoms with Crippen LogP contribution in [0.25, 0.3) is 0 Å². The van der Waals surface area contributed by atoms with Crippen molar-refractivity contribution in [2.24, 2.45) is 0 Å². The second-order valence-electron chi connectivity index (χ2n) is 32.7. The number of phenols is 1. The van der Waals surface area contributed by atoms with Crippen LogP contribution in [0.1, 0.15) is 155 Å². The maximum Gasteiger partial charge on any atom is 0.303 e. The Kier molecular flexibility index (Phi) is 45.7. The SMILES string of the molecule is COc1cc(Cc2cnc(N)nc2N)cc(C)c1OCCCCC(=O)NCNC(=O)CCCCOc1c(C)cc(Cc2cnc(N)nc2N)cc1OC.COc1cc(Cc2cnc(N)nc2N)cc(OC)c1O.COc1cc(Cc2cnc(N)nc2N)cc(OC)c1OC.COc1cc(Cc2cnc(N)nc2N)cc(OC)c1OCCCCC(=O)O.COc1cc(Cc2cnc(N)nc2N)cc(OC)c1OCCCCC(=O)O. The van der Waals surface area contributed by atoms with Gasteiger partial charge in [-0.25, -0.2) is 29.9 Å². The van der Waals surface area contributed by atoms with Gasteiger partial charge < -0.3 is 166 Å². The van der Waals surface area contributed by atoms with Crippen LogP contribution in [0.2, 0.25) is 0 Å². The molecule has 794 valence electrons. The second-order valence-corrected chi connectivity index (χ2v) is 32.7. The zero-order chi connectivity index (χ0) is 108. The van der Waals surface area contributed by atoms with Gasteiger partial charge in [0.15, 0.2) is 69.0 Å². The zero-order valence-corrected chi connectivity index (χ0v) is 85.0. The summed E-state index contributed by atoms with van der Waals surface area (Å²) in [7, 11) is 17.0. The van der Waals surface area contributed by atoms with Crippen molar-refractivity contribution in [2.75, 3.05) is 180 Å². The van der Waals surface area contributed by atoms with Gasteiger partial charge in [-0.2, -0.15) is 29.9 Å². The standard InChI is InChI=1S/C37H50N10O6.2C18H24N4O5.C14H18N4O3.C13H16N4O3/c1-22-13-24(15-26-19-42-36(40)46-34(26)38)17-28(50-3)32(22)52-11-7-5-9-30(48)44-21-45-31(49)10-6-8-12-53-33-23(2)14-25(18-29(33)51-4)16-27-20-43-37(41)47-35(27)39;2*1-25-13-8-11(7-12-10-21-18(20)22-17(12)19)9-14(26-2)16(13)27-6-4-3-5-15(23)24;1-19-10-5-8(6-11(20-2)12(10)21-3)4-9-7-17-14(16)18-13(9)15;1-19-9-4-7(5-10(20-2)11(9)18)3-8-6-16-13(15)17-12(8)14/h13-14,17-20H,5-12,15-16,21H2,1-4H3,(H,44,48)(H,45,49)(H4,38,40,42,46)(H4,39,41,43,47);2*8-10H,3-7H2,1-2H3,(H,23,24)(H4,19,20,21,22);5-7H,4H2,1-3H3,(H4,15,16,17,18);4-6,18H,3H2,1-2H3,(H4,14,15,16,17). The Hall–Kier alpha value is -17.9. The average Bonchev–Trinajstić information content (AvgIpc) is 0.818. The molecule has 6 aromatic carbocycles. The van der Waals surface area contributed by atoms with Crippen LogP contribution < -0.4 is 150 Å². The molecule has 0 bridgehead atoms. The minimum absolute atomic E-state index is 0.0414. The van der Waals surface area contributed by atoms with Gasteiger partial charge in [0.05, 0.1) is 111 Å². The Morgan fingerprint density at radius 3 is 0.669 bits per heavy atom. The fourth-order valence-electron chi connectivity index (χ4n) is 14.5. The largest absolute Gasteiger partial charge is 0.502 e. The molecule has 0 saturated heterocycles. The van der Waals surface area contributed by atoms with Gasteiger partial charge in [0.1, 0.15) is 34.9 Å². The van der Waals surface area contributed by atoms with Gasteiger partial charge in [0.25, 0.3) is 0 Å². The number of aromatic hydroxyl groups is 1. The summed E-state index contributed by atoms with van der Waals surface area (Å²) in [6, 6.07) is 22.2. The number of carboxylic acids is 2. The number of amides is 2. The van der Waals surface area contributed by atoms with Crippen LogP contribution in [0.5, 0.6) is 92.0 Å². The summed E-state index contributed by atoms with van der Waals surface area (Å²) < 4.78 is 82.6. The maximum absolute atomic E-state index is 12.3. The normalized spacial score (nSPS) is 10.5. The number of carboxylic acid groups (broad SMARTS) is 2. The summed E-state index contributed by atoms with van der Waals surface area (Å²) >= 11 is 0. The molecule has 48 heteroatoms. The molecule has 0 aliphatic carbocycles. The van der Waals surface area contributed by atoms with E-state index in [1.807, 2.05) is 74.5 Å². The molecule has 12 aromatic rings. The van der Waals surface area contributed by atoms with Gasteiger partial charge in [-0.3, -0.25) is 19.2 Å². The Labute approximate surface area is 855 Å². The Bertz CT molecular complexity index is 6070. The first-order chi connectivity index (χ1) is 71.0.